The lowest BCUT2D eigenvalue weighted by atomic mass is 9.90. The Kier molecular flexibility index (Phi) is 4.10. The fraction of sp³-hybridized carbons (Fsp3) is 0.538. The number of anilines is 1. The van der Waals surface area contributed by atoms with E-state index >= 15 is 0 Å². The van der Waals surface area contributed by atoms with Gasteiger partial charge in [-0.3, -0.25) is 4.98 Å². The van der Waals surface area contributed by atoms with E-state index in [-0.39, 0.29) is 11.0 Å². The van der Waals surface area contributed by atoms with E-state index in [1.807, 2.05) is 6.92 Å². The average molecular weight is 236 g/mol. The van der Waals surface area contributed by atoms with Gasteiger partial charge < -0.3 is 10.4 Å². The Hall–Kier alpha value is -1.58. The van der Waals surface area contributed by atoms with Crippen LogP contribution in [0.3, 0.4) is 0 Å². The molecule has 0 atom stereocenters. The molecule has 1 rings (SSSR count). The maximum absolute atomic E-state index is 11.0. The van der Waals surface area contributed by atoms with Crippen molar-refractivity contribution in [2.75, 3.05) is 11.9 Å². The second kappa shape index (κ2) is 5.17. The summed E-state index contributed by atoms with van der Waals surface area (Å²) in [4.78, 5) is 15.1. The molecule has 4 heteroatoms. The van der Waals surface area contributed by atoms with Crippen molar-refractivity contribution in [1.82, 2.24) is 4.98 Å². The molecule has 0 bridgehead atoms. The second-order valence-corrected chi connectivity index (χ2v) is 5.05. The highest BCUT2D eigenvalue weighted by molar-refractivity contribution is 5.93. The molecular weight excluding hydrogens is 216 g/mol. The number of hydrogen-bond donors (Lipinski definition) is 2. The van der Waals surface area contributed by atoms with Crippen LogP contribution in [0.5, 0.6) is 0 Å². The van der Waals surface area contributed by atoms with Gasteiger partial charge in [0.15, 0.2) is 0 Å². The molecule has 0 radical (unpaired) electrons. The molecular formula is C13H20N2O2. The number of carboxylic acids is 1. The third-order valence-corrected chi connectivity index (χ3v) is 2.99. The SMILES string of the molecule is CCC(C)(C)CNc1cc(C)ncc1C(=O)O. The van der Waals surface area contributed by atoms with E-state index in [0.29, 0.717) is 5.69 Å². The van der Waals surface area contributed by atoms with Crippen LogP contribution in [0.15, 0.2) is 12.3 Å². The monoisotopic (exact) mass is 236 g/mol. The number of pyridine rings is 1. The normalized spacial score (nSPS) is 11.3. The standard InChI is InChI=1S/C13H20N2O2/c1-5-13(3,4)8-15-11-6-9(2)14-7-10(11)12(16)17/h6-7H,5,8H2,1-4H3,(H,14,15)(H,16,17). The molecule has 0 aliphatic heterocycles. The molecule has 0 aliphatic rings. The molecule has 0 saturated heterocycles. The first-order chi connectivity index (χ1) is 7.85. The van der Waals surface area contributed by atoms with Crippen molar-refractivity contribution >= 4 is 11.7 Å². The highest BCUT2D eigenvalue weighted by Gasteiger charge is 2.17. The van der Waals surface area contributed by atoms with Gasteiger partial charge in [-0.05, 0) is 24.8 Å². The van der Waals surface area contributed by atoms with Gasteiger partial charge >= 0.3 is 5.97 Å². The fourth-order valence-electron chi connectivity index (χ4n) is 1.34. The van der Waals surface area contributed by atoms with Gasteiger partial charge in [-0.2, -0.15) is 0 Å². The second-order valence-electron chi connectivity index (χ2n) is 5.05. The summed E-state index contributed by atoms with van der Waals surface area (Å²) < 4.78 is 0. The summed E-state index contributed by atoms with van der Waals surface area (Å²) in [6.07, 6.45) is 2.44. The van der Waals surface area contributed by atoms with Crippen molar-refractivity contribution in [2.45, 2.75) is 34.1 Å². The summed E-state index contributed by atoms with van der Waals surface area (Å²) in [7, 11) is 0. The van der Waals surface area contributed by atoms with Gasteiger partial charge in [0, 0.05) is 18.4 Å². The van der Waals surface area contributed by atoms with Crippen LogP contribution in [0.4, 0.5) is 5.69 Å². The summed E-state index contributed by atoms with van der Waals surface area (Å²) in [5.74, 6) is -0.950. The van der Waals surface area contributed by atoms with E-state index in [2.05, 4.69) is 31.1 Å². The van der Waals surface area contributed by atoms with Gasteiger partial charge in [-0.1, -0.05) is 20.8 Å². The average Bonchev–Trinajstić information content (AvgIpc) is 2.26. The summed E-state index contributed by atoms with van der Waals surface area (Å²) in [5.41, 5.74) is 1.83. The molecule has 0 unspecified atom stereocenters. The summed E-state index contributed by atoms with van der Waals surface area (Å²) >= 11 is 0. The number of rotatable bonds is 5. The van der Waals surface area contributed by atoms with Crippen molar-refractivity contribution in [2.24, 2.45) is 5.41 Å². The lowest BCUT2D eigenvalue weighted by Crippen LogP contribution is -2.23. The highest BCUT2D eigenvalue weighted by Crippen LogP contribution is 2.22. The zero-order valence-electron chi connectivity index (χ0n) is 10.9. The molecule has 94 valence electrons. The third-order valence-electron chi connectivity index (χ3n) is 2.99. The summed E-state index contributed by atoms with van der Waals surface area (Å²) in [6.45, 7) is 9.01. The van der Waals surface area contributed by atoms with Gasteiger partial charge in [-0.25, -0.2) is 4.79 Å². The number of hydrogen-bond acceptors (Lipinski definition) is 3. The molecule has 17 heavy (non-hydrogen) atoms. The zero-order chi connectivity index (χ0) is 13.1. The van der Waals surface area contributed by atoms with Crippen LogP contribution in [-0.4, -0.2) is 22.6 Å². The Morgan fingerprint density at radius 3 is 2.71 bits per heavy atom. The van der Waals surface area contributed by atoms with Gasteiger partial charge in [0.1, 0.15) is 5.56 Å². The predicted molar refractivity (Wildman–Crippen MR) is 68.5 cm³/mol. The van der Waals surface area contributed by atoms with Crippen LogP contribution in [0.1, 0.15) is 43.2 Å². The quantitative estimate of drug-likeness (QED) is 0.825. The first-order valence-corrected chi connectivity index (χ1v) is 5.79. The molecule has 1 heterocycles. The maximum Gasteiger partial charge on any atom is 0.339 e. The molecule has 1 aromatic heterocycles. The highest BCUT2D eigenvalue weighted by atomic mass is 16.4. The molecule has 2 N–H and O–H groups in total. The number of aromatic carboxylic acids is 1. The molecule has 0 fully saturated rings. The Labute approximate surface area is 102 Å². The van der Waals surface area contributed by atoms with Gasteiger partial charge in [-0.15, -0.1) is 0 Å². The van der Waals surface area contributed by atoms with Crippen LogP contribution in [-0.2, 0) is 0 Å². The van der Waals surface area contributed by atoms with E-state index in [0.717, 1.165) is 18.7 Å². The smallest absolute Gasteiger partial charge is 0.339 e. The zero-order valence-corrected chi connectivity index (χ0v) is 10.9. The first kappa shape index (κ1) is 13.5. The van der Waals surface area contributed by atoms with Crippen LogP contribution in [0, 0.1) is 12.3 Å². The number of nitrogens with one attached hydrogen (secondary N) is 1. The predicted octanol–water partition coefficient (Wildman–Crippen LogP) is 2.94. The topological polar surface area (TPSA) is 62.2 Å². The number of nitrogens with zero attached hydrogens (tertiary/aromatic N) is 1. The minimum absolute atomic E-state index is 0.146. The summed E-state index contributed by atoms with van der Waals surface area (Å²) in [5, 5.41) is 12.3. The minimum Gasteiger partial charge on any atom is -0.478 e. The van der Waals surface area contributed by atoms with Crippen molar-refractivity contribution in [3.8, 4) is 0 Å². The van der Waals surface area contributed by atoms with E-state index in [1.165, 1.54) is 6.20 Å². The lowest BCUT2D eigenvalue weighted by molar-refractivity contribution is 0.0697. The molecule has 4 nitrogen and oxygen atoms in total. The summed E-state index contributed by atoms with van der Waals surface area (Å²) in [6, 6.07) is 1.77. The Morgan fingerprint density at radius 2 is 2.18 bits per heavy atom. The van der Waals surface area contributed by atoms with Crippen molar-refractivity contribution < 1.29 is 9.90 Å². The molecule has 0 aromatic carbocycles. The van der Waals surface area contributed by atoms with Crippen molar-refractivity contribution in [1.29, 1.82) is 0 Å². The van der Waals surface area contributed by atoms with Crippen LogP contribution < -0.4 is 5.32 Å². The maximum atomic E-state index is 11.0. The molecule has 1 aromatic rings. The van der Waals surface area contributed by atoms with Gasteiger partial charge in [0.2, 0.25) is 0 Å². The van der Waals surface area contributed by atoms with E-state index in [1.54, 1.807) is 6.07 Å². The van der Waals surface area contributed by atoms with E-state index in [9.17, 15) is 4.79 Å². The Bertz CT molecular complexity index is 414. The van der Waals surface area contributed by atoms with Gasteiger partial charge in [0.25, 0.3) is 0 Å². The van der Waals surface area contributed by atoms with Gasteiger partial charge in [0.05, 0.1) is 5.69 Å². The van der Waals surface area contributed by atoms with Crippen LogP contribution in [0.25, 0.3) is 0 Å². The molecule has 0 aliphatic carbocycles. The molecule has 0 spiro atoms. The molecule has 0 saturated carbocycles. The van der Waals surface area contributed by atoms with Crippen molar-refractivity contribution in [3.05, 3.63) is 23.5 Å². The fourth-order valence-corrected chi connectivity index (χ4v) is 1.34. The number of aromatic nitrogens is 1. The Balaban J connectivity index is 2.89. The third kappa shape index (κ3) is 3.73. The van der Waals surface area contributed by atoms with Crippen LogP contribution >= 0.6 is 0 Å². The first-order valence-electron chi connectivity index (χ1n) is 5.79. The van der Waals surface area contributed by atoms with Crippen LogP contribution in [0.2, 0.25) is 0 Å². The largest absolute Gasteiger partial charge is 0.478 e. The van der Waals surface area contributed by atoms with Crippen molar-refractivity contribution in [3.63, 3.8) is 0 Å². The number of carbonyl (C=O) groups is 1. The Morgan fingerprint density at radius 1 is 1.53 bits per heavy atom. The van der Waals surface area contributed by atoms with E-state index < -0.39 is 5.97 Å². The number of aryl methyl sites for hydroxylation is 1. The van der Waals surface area contributed by atoms with E-state index in [4.69, 9.17) is 5.11 Å². The minimum atomic E-state index is -0.950. The number of carboxylic acid groups (broad SMARTS) is 1. The molecule has 0 amide bonds. The lowest BCUT2D eigenvalue weighted by Gasteiger charge is -2.24.